The van der Waals surface area contributed by atoms with Crippen LogP contribution in [0.25, 0.3) is 11.1 Å². The van der Waals surface area contributed by atoms with E-state index >= 15 is 0 Å². The molecule has 2 rings (SSSR count). The normalized spacial score (nSPS) is 10.4. The van der Waals surface area contributed by atoms with Crippen molar-refractivity contribution in [3.8, 4) is 11.1 Å². The van der Waals surface area contributed by atoms with Gasteiger partial charge < -0.3 is 16.6 Å². The Labute approximate surface area is 111 Å². The molecule has 2 aromatic rings. The Morgan fingerprint density at radius 1 is 1.05 bits per heavy atom. The summed E-state index contributed by atoms with van der Waals surface area (Å²) >= 11 is 0. The zero-order valence-corrected chi connectivity index (χ0v) is 10.9. The minimum atomic E-state index is -0.965. The Balaban J connectivity index is 2.75. The third-order valence-corrected chi connectivity index (χ3v) is 3.30. The number of carboxylic acid groups (broad SMARTS) is 1. The van der Waals surface area contributed by atoms with E-state index in [4.69, 9.17) is 11.5 Å². The van der Waals surface area contributed by atoms with Gasteiger partial charge in [0.1, 0.15) is 0 Å². The van der Waals surface area contributed by atoms with E-state index in [9.17, 15) is 9.90 Å². The van der Waals surface area contributed by atoms with Crippen LogP contribution in [0.4, 0.5) is 11.4 Å². The molecular formula is C15H16N2O2. The average molecular weight is 256 g/mol. The number of nitrogens with two attached hydrogens (primary N) is 2. The lowest BCUT2D eigenvalue weighted by Crippen LogP contribution is -2.04. The fraction of sp³-hybridized carbons (Fsp3) is 0.133. The lowest BCUT2D eigenvalue weighted by Gasteiger charge is -2.13. The van der Waals surface area contributed by atoms with Crippen LogP contribution in [0.1, 0.15) is 21.5 Å². The molecule has 2 aromatic carbocycles. The summed E-state index contributed by atoms with van der Waals surface area (Å²) in [5, 5.41) is 9.30. The fourth-order valence-electron chi connectivity index (χ4n) is 2.11. The summed E-state index contributed by atoms with van der Waals surface area (Å²) in [4.78, 5) is 11.3. The minimum Gasteiger partial charge on any atom is -0.478 e. The van der Waals surface area contributed by atoms with Crippen LogP contribution in [-0.4, -0.2) is 11.1 Å². The number of benzene rings is 2. The van der Waals surface area contributed by atoms with Gasteiger partial charge in [0.05, 0.1) is 5.56 Å². The smallest absolute Gasteiger partial charge is 0.336 e. The third-order valence-electron chi connectivity index (χ3n) is 3.30. The molecule has 0 aliphatic carbocycles. The van der Waals surface area contributed by atoms with Crippen molar-refractivity contribution < 1.29 is 9.90 Å². The van der Waals surface area contributed by atoms with Gasteiger partial charge in [-0.05, 0) is 54.8 Å². The van der Waals surface area contributed by atoms with Gasteiger partial charge in [-0.25, -0.2) is 4.79 Å². The molecule has 0 unspecified atom stereocenters. The maximum atomic E-state index is 11.3. The average Bonchev–Trinajstić information content (AvgIpc) is 2.35. The molecule has 0 saturated heterocycles. The minimum absolute atomic E-state index is 0.246. The zero-order valence-electron chi connectivity index (χ0n) is 10.9. The molecule has 0 atom stereocenters. The number of carbonyl (C=O) groups is 1. The first kappa shape index (κ1) is 13.0. The van der Waals surface area contributed by atoms with Crippen molar-refractivity contribution in [3.05, 3.63) is 47.0 Å². The predicted octanol–water partition coefficient (Wildman–Crippen LogP) is 2.83. The van der Waals surface area contributed by atoms with Gasteiger partial charge in [-0.1, -0.05) is 6.07 Å². The Morgan fingerprint density at radius 3 is 2.26 bits per heavy atom. The number of anilines is 2. The first-order chi connectivity index (χ1) is 8.91. The van der Waals surface area contributed by atoms with Crippen molar-refractivity contribution in [3.63, 3.8) is 0 Å². The second-order valence-corrected chi connectivity index (χ2v) is 4.58. The molecule has 0 amide bonds. The van der Waals surface area contributed by atoms with Gasteiger partial charge in [0.15, 0.2) is 0 Å². The van der Waals surface area contributed by atoms with Gasteiger partial charge in [0, 0.05) is 16.9 Å². The number of rotatable bonds is 2. The van der Waals surface area contributed by atoms with Crippen molar-refractivity contribution in [1.82, 2.24) is 0 Å². The van der Waals surface area contributed by atoms with E-state index in [1.54, 1.807) is 12.1 Å². The Morgan fingerprint density at radius 2 is 1.68 bits per heavy atom. The number of nitrogen functional groups attached to an aromatic ring is 2. The maximum absolute atomic E-state index is 11.3. The van der Waals surface area contributed by atoms with Crippen molar-refractivity contribution >= 4 is 17.3 Å². The van der Waals surface area contributed by atoms with E-state index in [2.05, 4.69) is 0 Å². The quantitative estimate of drug-likeness (QED) is 0.721. The molecule has 19 heavy (non-hydrogen) atoms. The first-order valence-corrected chi connectivity index (χ1v) is 5.90. The van der Waals surface area contributed by atoms with Crippen molar-refractivity contribution in [2.24, 2.45) is 0 Å². The molecule has 4 nitrogen and oxygen atoms in total. The van der Waals surface area contributed by atoms with Gasteiger partial charge >= 0.3 is 5.97 Å². The molecule has 4 heteroatoms. The summed E-state index contributed by atoms with van der Waals surface area (Å²) < 4.78 is 0. The standard InChI is InChI=1S/C15H16N2O2/c1-8-7-10(3-5-12(8)16)14-9(2)13(17)6-4-11(14)15(18)19/h3-7H,16-17H2,1-2H3,(H,18,19). The monoisotopic (exact) mass is 256 g/mol. The second-order valence-electron chi connectivity index (χ2n) is 4.58. The first-order valence-electron chi connectivity index (χ1n) is 5.90. The van der Waals surface area contributed by atoms with E-state index in [0.29, 0.717) is 16.9 Å². The summed E-state index contributed by atoms with van der Waals surface area (Å²) in [5.41, 5.74) is 16.3. The molecule has 0 aliphatic heterocycles. The largest absolute Gasteiger partial charge is 0.478 e. The molecule has 5 N–H and O–H groups in total. The molecule has 0 heterocycles. The SMILES string of the molecule is Cc1cc(-c2c(C(=O)O)ccc(N)c2C)ccc1N. The van der Waals surface area contributed by atoms with Crippen LogP contribution in [0.3, 0.4) is 0 Å². The zero-order chi connectivity index (χ0) is 14.2. The van der Waals surface area contributed by atoms with Crippen LogP contribution < -0.4 is 11.5 Å². The highest BCUT2D eigenvalue weighted by atomic mass is 16.4. The van der Waals surface area contributed by atoms with E-state index in [1.165, 1.54) is 6.07 Å². The number of carboxylic acids is 1. The van der Waals surface area contributed by atoms with Crippen molar-refractivity contribution in [2.45, 2.75) is 13.8 Å². The summed E-state index contributed by atoms with van der Waals surface area (Å²) in [6.45, 7) is 3.71. The van der Waals surface area contributed by atoms with Crippen LogP contribution in [0.2, 0.25) is 0 Å². The van der Waals surface area contributed by atoms with Crippen molar-refractivity contribution in [1.29, 1.82) is 0 Å². The highest BCUT2D eigenvalue weighted by Crippen LogP contribution is 2.32. The van der Waals surface area contributed by atoms with Crippen LogP contribution in [0, 0.1) is 13.8 Å². The van der Waals surface area contributed by atoms with Gasteiger partial charge in [-0.2, -0.15) is 0 Å². The molecular weight excluding hydrogens is 240 g/mol. The number of hydrogen-bond acceptors (Lipinski definition) is 3. The second kappa shape index (κ2) is 4.65. The fourth-order valence-corrected chi connectivity index (χ4v) is 2.11. The van der Waals surface area contributed by atoms with Crippen LogP contribution in [0.5, 0.6) is 0 Å². The Bertz CT molecular complexity index is 663. The predicted molar refractivity (Wildman–Crippen MR) is 77.1 cm³/mol. The Hall–Kier alpha value is -2.49. The van der Waals surface area contributed by atoms with Gasteiger partial charge in [0.25, 0.3) is 0 Å². The lowest BCUT2D eigenvalue weighted by atomic mass is 9.92. The van der Waals surface area contributed by atoms with E-state index in [1.807, 2.05) is 26.0 Å². The lowest BCUT2D eigenvalue weighted by molar-refractivity contribution is 0.0697. The number of aromatic carboxylic acids is 1. The van der Waals surface area contributed by atoms with E-state index in [-0.39, 0.29) is 5.56 Å². The summed E-state index contributed by atoms with van der Waals surface area (Å²) in [6.07, 6.45) is 0. The summed E-state index contributed by atoms with van der Waals surface area (Å²) in [7, 11) is 0. The number of aryl methyl sites for hydroxylation is 1. The summed E-state index contributed by atoms with van der Waals surface area (Å²) in [6, 6.07) is 8.62. The van der Waals surface area contributed by atoms with E-state index < -0.39 is 5.97 Å². The summed E-state index contributed by atoms with van der Waals surface area (Å²) in [5.74, 6) is -0.965. The van der Waals surface area contributed by atoms with Crippen LogP contribution in [-0.2, 0) is 0 Å². The van der Waals surface area contributed by atoms with Gasteiger partial charge in [0.2, 0.25) is 0 Å². The number of hydrogen-bond donors (Lipinski definition) is 3. The van der Waals surface area contributed by atoms with Crippen LogP contribution in [0.15, 0.2) is 30.3 Å². The molecule has 98 valence electrons. The third kappa shape index (κ3) is 2.25. The highest BCUT2D eigenvalue weighted by Gasteiger charge is 2.16. The molecule has 0 fully saturated rings. The molecule has 0 aliphatic rings. The Kier molecular flexibility index (Phi) is 3.17. The molecule has 0 bridgehead atoms. The molecule has 0 saturated carbocycles. The maximum Gasteiger partial charge on any atom is 0.336 e. The van der Waals surface area contributed by atoms with Gasteiger partial charge in [-0.15, -0.1) is 0 Å². The molecule has 0 aromatic heterocycles. The van der Waals surface area contributed by atoms with Crippen LogP contribution >= 0.6 is 0 Å². The highest BCUT2D eigenvalue weighted by molar-refractivity contribution is 5.98. The van der Waals surface area contributed by atoms with Gasteiger partial charge in [-0.3, -0.25) is 0 Å². The molecule has 0 radical (unpaired) electrons. The molecule has 0 spiro atoms. The topological polar surface area (TPSA) is 89.3 Å². The van der Waals surface area contributed by atoms with E-state index in [0.717, 1.165) is 16.7 Å². The van der Waals surface area contributed by atoms with Crippen molar-refractivity contribution in [2.75, 3.05) is 11.5 Å².